The number of ketones is 1. The Hall–Kier alpha value is -2.17. The number of amides is 1. The third-order valence-electron chi connectivity index (χ3n) is 4.94. The summed E-state index contributed by atoms with van der Waals surface area (Å²) in [5, 5.41) is 12.0. The van der Waals surface area contributed by atoms with Crippen molar-refractivity contribution in [3.05, 3.63) is 35.4 Å². The first kappa shape index (κ1) is 19.2. The Morgan fingerprint density at radius 1 is 1.08 bits per heavy atom. The first-order chi connectivity index (χ1) is 12.0. The third-order valence-corrected chi connectivity index (χ3v) is 4.94. The lowest BCUT2D eigenvalue weighted by Crippen LogP contribution is -2.37. The minimum Gasteiger partial charge on any atom is -0.481 e. The minimum atomic E-state index is -0.839. The van der Waals surface area contributed by atoms with Crippen LogP contribution in [-0.4, -0.2) is 28.8 Å². The van der Waals surface area contributed by atoms with Crippen LogP contribution < -0.4 is 5.32 Å². The average Bonchev–Trinajstić information content (AvgIpc) is 2.60. The van der Waals surface area contributed by atoms with Gasteiger partial charge < -0.3 is 10.4 Å². The van der Waals surface area contributed by atoms with Gasteiger partial charge in [-0.3, -0.25) is 14.4 Å². The largest absolute Gasteiger partial charge is 0.481 e. The van der Waals surface area contributed by atoms with Crippen LogP contribution in [0.4, 0.5) is 0 Å². The summed E-state index contributed by atoms with van der Waals surface area (Å²) >= 11 is 0. The molecule has 1 aliphatic carbocycles. The van der Waals surface area contributed by atoms with Crippen LogP contribution in [0, 0.1) is 5.92 Å². The fourth-order valence-electron chi connectivity index (χ4n) is 3.50. The molecular formula is C20H27NO4. The molecule has 0 spiro atoms. The Bertz CT molecular complexity index is 603. The molecule has 1 unspecified atom stereocenters. The van der Waals surface area contributed by atoms with Crippen LogP contribution in [0.1, 0.15) is 79.0 Å². The summed E-state index contributed by atoms with van der Waals surface area (Å²) in [4.78, 5) is 34.7. The van der Waals surface area contributed by atoms with Crippen LogP contribution in [0.25, 0.3) is 0 Å². The number of hydrogen-bond donors (Lipinski definition) is 2. The van der Waals surface area contributed by atoms with E-state index < -0.39 is 5.97 Å². The van der Waals surface area contributed by atoms with Crippen LogP contribution in [0.5, 0.6) is 0 Å². The molecule has 25 heavy (non-hydrogen) atoms. The van der Waals surface area contributed by atoms with Crippen molar-refractivity contribution in [3.8, 4) is 0 Å². The van der Waals surface area contributed by atoms with Gasteiger partial charge in [0, 0.05) is 23.6 Å². The average molecular weight is 345 g/mol. The van der Waals surface area contributed by atoms with Gasteiger partial charge in [-0.15, -0.1) is 0 Å². The third kappa shape index (κ3) is 6.33. The number of nitrogens with one attached hydrogen (secondary N) is 1. The highest BCUT2D eigenvalue weighted by Gasteiger charge is 2.21. The lowest BCUT2D eigenvalue weighted by molar-refractivity contribution is -0.137. The van der Waals surface area contributed by atoms with E-state index in [9.17, 15) is 14.4 Å². The molecule has 0 aromatic heterocycles. The van der Waals surface area contributed by atoms with Gasteiger partial charge in [-0.05, 0) is 37.8 Å². The van der Waals surface area contributed by atoms with Crippen molar-refractivity contribution >= 4 is 17.7 Å². The van der Waals surface area contributed by atoms with E-state index in [-0.39, 0.29) is 24.2 Å². The van der Waals surface area contributed by atoms with Gasteiger partial charge in [0.05, 0.1) is 0 Å². The normalized spacial score (nSPS) is 16.2. The molecule has 1 atom stereocenters. The number of carboxylic acid groups (broad SMARTS) is 1. The molecule has 0 heterocycles. The molecule has 1 saturated carbocycles. The van der Waals surface area contributed by atoms with E-state index in [1.54, 1.807) is 24.3 Å². The van der Waals surface area contributed by atoms with Crippen LogP contribution in [-0.2, 0) is 4.79 Å². The maximum atomic E-state index is 12.5. The number of carboxylic acids is 1. The first-order valence-corrected chi connectivity index (χ1v) is 9.09. The van der Waals surface area contributed by atoms with Crippen molar-refractivity contribution in [2.24, 2.45) is 5.92 Å². The summed E-state index contributed by atoms with van der Waals surface area (Å²) in [6, 6.07) is 6.44. The molecule has 0 bridgehead atoms. The van der Waals surface area contributed by atoms with Crippen molar-refractivity contribution in [2.75, 3.05) is 0 Å². The van der Waals surface area contributed by atoms with Crippen LogP contribution >= 0.6 is 0 Å². The van der Waals surface area contributed by atoms with Crippen LogP contribution in [0.15, 0.2) is 24.3 Å². The fourth-order valence-corrected chi connectivity index (χ4v) is 3.50. The Morgan fingerprint density at radius 3 is 2.24 bits per heavy atom. The molecule has 0 saturated heterocycles. The molecular weight excluding hydrogens is 318 g/mol. The molecule has 1 aliphatic rings. The second-order valence-electron chi connectivity index (χ2n) is 6.98. The zero-order valence-corrected chi connectivity index (χ0v) is 14.8. The van der Waals surface area contributed by atoms with Gasteiger partial charge in [-0.1, -0.05) is 44.2 Å². The molecule has 136 valence electrons. The number of Topliss-reactive ketones (excluding diaryl/α,β-unsaturated/α-hetero) is 1. The molecule has 1 aromatic carbocycles. The Kier molecular flexibility index (Phi) is 7.16. The number of hydrogen-bond acceptors (Lipinski definition) is 3. The summed E-state index contributed by atoms with van der Waals surface area (Å²) in [6.45, 7) is 1.49. The number of carbonyl (C=O) groups is 3. The Morgan fingerprint density at radius 2 is 1.68 bits per heavy atom. The van der Waals surface area contributed by atoms with E-state index in [1.807, 2.05) is 0 Å². The smallest absolute Gasteiger partial charge is 0.303 e. The molecule has 0 radical (unpaired) electrons. The second-order valence-corrected chi connectivity index (χ2v) is 6.98. The van der Waals surface area contributed by atoms with Gasteiger partial charge >= 0.3 is 5.97 Å². The second kappa shape index (κ2) is 9.35. The van der Waals surface area contributed by atoms with Gasteiger partial charge in [-0.25, -0.2) is 0 Å². The number of benzene rings is 1. The van der Waals surface area contributed by atoms with E-state index in [4.69, 9.17) is 5.11 Å². The van der Waals surface area contributed by atoms with Gasteiger partial charge in [-0.2, -0.15) is 0 Å². The van der Waals surface area contributed by atoms with Crippen LogP contribution in [0.3, 0.4) is 0 Å². The molecule has 1 fully saturated rings. The van der Waals surface area contributed by atoms with Crippen LogP contribution in [0.2, 0.25) is 0 Å². The highest BCUT2D eigenvalue weighted by Crippen LogP contribution is 2.28. The molecule has 1 aromatic rings. The quantitative estimate of drug-likeness (QED) is 0.702. The summed E-state index contributed by atoms with van der Waals surface area (Å²) in [5.41, 5.74) is 1.06. The van der Waals surface area contributed by atoms with Crippen molar-refractivity contribution in [1.29, 1.82) is 0 Å². The lowest BCUT2D eigenvalue weighted by atomic mass is 9.84. The monoisotopic (exact) mass is 345 g/mol. The minimum absolute atomic E-state index is 0.0383. The van der Waals surface area contributed by atoms with Gasteiger partial charge in [0.1, 0.15) is 0 Å². The van der Waals surface area contributed by atoms with Crippen molar-refractivity contribution in [2.45, 2.75) is 64.3 Å². The maximum Gasteiger partial charge on any atom is 0.303 e. The molecule has 1 amide bonds. The summed E-state index contributed by atoms with van der Waals surface area (Å²) in [7, 11) is 0. The molecule has 5 heteroatoms. The van der Waals surface area contributed by atoms with E-state index in [2.05, 4.69) is 5.32 Å². The number of aliphatic carboxylic acids is 1. The van der Waals surface area contributed by atoms with Crippen molar-refractivity contribution in [1.82, 2.24) is 5.32 Å². The number of carbonyl (C=O) groups excluding carboxylic acids is 2. The molecule has 2 N–H and O–H groups in total. The summed E-state index contributed by atoms with van der Waals surface area (Å²) in [5.74, 6) is -0.522. The zero-order valence-electron chi connectivity index (χ0n) is 14.8. The first-order valence-electron chi connectivity index (χ1n) is 9.09. The van der Waals surface area contributed by atoms with E-state index in [0.29, 0.717) is 23.5 Å². The van der Waals surface area contributed by atoms with Crippen molar-refractivity contribution in [3.63, 3.8) is 0 Å². The Balaban J connectivity index is 1.98. The van der Waals surface area contributed by atoms with Gasteiger partial charge in [0.15, 0.2) is 5.78 Å². The Labute approximate surface area is 148 Å². The zero-order chi connectivity index (χ0) is 18.2. The van der Waals surface area contributed by atoms with E-state index >= 15 is 0 Å². The van der Waals surface area contributed by atoms with E-state index in [1.165, 1.54) is 26.2 Å². The highest BCUT2D eigenvalue weighted by molar-refractivity contribution is 5.97. The molecule has 5 nitrogen and oxygen atoms in total. The SMILES string of the molecule is CC(=O)c1ccc(C(=O)NC(CCC(=O)O)CC2CCCCC2)cc1. The molecule has 0 aliphatic heterocycles. The molecule has 2 rings (SSSR count). The predicted octanol–water partition coefficient (Wildman–Crippen LogP) is 3.82. The summed E-state index contributed by atoms with van der Waals surface area (Å²) < 4.78 is 0. The highest BCUT2D eigenvalue weighted by atomic mass is 16.4. The topological polar surface area (TPSA) is 83.5 Å². The predicted molar refractivity (Wildman–Crippen MR) is 95.8 cm³/mol. The van der Waals surface area contributed by atoms with Gasteiger partial charge in [0.25, 0.3) is 5.91 Å². The number of rotatable bonds is 8. The summed E-state index contributed by atoms with van der Waals surface area (Å²) in [6.07, 6.45) is 7.37. The fraction of sp³-hybridized carbons (Fsp3) is 0.550. The standard InChI is InChI=1S/C20H27NO4/c1-14(22)16-7-9-17(10-8-16)20(25)21-18(11-12-19(23)24)13-15-5-3-2-4-6-15/h7-10,15,18H,2-6,11-13H2,1H3,(H,21,25)(H,23,24). The maximum absolute atomic E-state index is 12.5. The van der Waals surface area contributed by atoms with E-state index in [0.717, 1.165) is 19.3 Å². The van der Waals surface area contributed by atoms with Gasteiger partial charge in [0.2, 0.25) is 0 Å². The van der Waals surface area contributed by atoms with Crippen molar-refractivity contribution < 1.29 is 19.5 Å². The lowest BCUT2D eigenvalue weighted by Gasteiger charge is -2.27.